The van der Waals surface area contributed by atoms with Gasteiger partial charge in [0.05, 0.1) is 13.7 Å². The van der Waals surface area contributed by atoms with E-state index in [1.807, 2.05) is 25.1 Å². The van der Waals surface area contributed by atoms with Crippen LogP contribution in [0.3, 0.4) is 0 Å². The van der Waals surface area contributed by atoms with E-state index in [2.05, 4.69) is 19.6 Å². The van der Waals surface area contributed by atoms with Crippen LogP contribution in [-0.4, -0.2) is 33.5 Å². The van der Waals surface area contributed by atoms with E-state index in [1.54, 1.807) is 7.11 Å². The molecule has 0 saturated heterocycles. The van der Waals surface area contributed by atoms with Gasteiger partial charge in [0.2, 0.25) is 0 Å². The number of aryl methyl sites for hydroxylation is 1. The third-order valence-corrected chi connectivity index (χ3v) is 6.24. The fourth-order valence-electron chi connectivity index (χ4n) is 3.16. The van der Waals surface area contributed by atoms with Gasteiger partial charge in [-0.05, 0) is 42.6 Å². The number of ether oxygens (including phenoxy) is 2. The molecule has 0 unspecified atom stereocenters. The molecule has 2 rings (SSSR count). The fraction of sp³-hybridized carbons (Fsp3) is 0.579. The van der Waals surface area contributed by atoms with E-state index in [-0.39, 0.29) is 17.7 Å². The molecule has 1 saturated carbocycles. The summed E-state index contributed by atoms with van der Waals surface area (Å²) in [6.07, 6.45) is 1.13. The van der Waals surface area contributed by atoms with E-state index in [1.165, 1.54) is 0 Å². The first kappa shape index (κ1) is 18.7. The topological polar surface area (TPSA) is 52.6 Å². The summed E-state index contributed by atoms with van der Waals surface area (Å²) in [7, 11) is 0.365. The van der Waals surface area contributed by atoms with Crippen molar-refractivity contribution in [3.05, 3.63) is 29.3 Å². The van der Waals surface area contributed by atoms with Crippen molar-refractivity contribution in [3.8, 4) is 5.75 Å². The Morgan fingerprint density at radius 1 is 1.25 bits per heavy atom. The molecular formula is C19H28O4Si. The molecule has 2 atom stereocenters. The Bertz CT molecular complexity index is 618. The predicted molar refractivity (Wildman–Crippen MR) is 97.3 cm³/mol. The lowest BCUT2D eigenvalue weighted by molar-refractivity contribution is -0.151. The van der Waals surface area contributed by atoms with Gasteiger partial charge in [-0.2, -0.15) is 0 Å². The number of benzene rings is 1. The Kier molecular flexibility index (Phi) is 5.86. The maximum Gasteiger partial charge on any atom is 0.317 e. The molecule has 1 aromatic rings. The number of carbonyl (C=O) groups is 2. The molecule has 5 heteroatoms. The van der Waals surface area contributed by atoms with Crippen LogP contribution in [0.25, 0.3) is 0 Å². The minimum atomic E-state index is -1.26. The molecule has 132 valence electrons. The molecule has 1 aliphatic carbocycles. The zero-order valence-corrected chi connectivity index (χ0v) is 16.3. The molecule has 0 N–H and O–H groups in total. The van der Waals surface area contributed by atoms with E-state index < -0.39 is 14.0 Å². The first-order valence-electron chi connectivity index (χ1n) is 8.56. The molecule has 0 spiro atoms. The number of carbonyl (C=O) groups excluding carboxylic acids is 2. The highest BCUT2D eigenvalue weighted by atomic mass is 28.3. The largest absolute Gasteiger partial charge is 0.497 e. The molecule has 1 aromatic carbocycles. The molecule has 0 aliphatic heterocycles. The number of Topliss-reactive ketones (excluding diaryl/α,β-unsaturated/α-hetero) is 1. The molecule has 0 amide bonds. The fourth-order valence-corrected chi connectivity index (χ4v) is 3.87. The number of rotatable bonds is 6. The van der Waals surface area contributed by atoms with Gasteiger partial charge in [-0.1, -0.05) is 25.7 Å². The van der Waals surface area contributed by atoms with Gasteiger partial charge < -0.3 is 9.47 Å². The standard InChI is InChI=1S/C19H28O4Si/c1-13-10-14(12-15(11-13)22-2)16-6-7-17(20)18(16)19(21)23-8-9-24(3,4)5/h10-12,16,18H,6-9H2,1-5H3/t16-,18-/m0/s1. The SMILES string of the molecule is COc1cc(C)cc([C@@H]2CCC(=O)[C@H]2C(=O)OCC[Si](C)(C)C)c1. The first-order valence-corrected chi connectivity index (χ1v) is 12.3. The molecule has 0 heterocycles. The summed E-state index contributed by atoms with van der Waals surface area (Å²) in [6.45, 7) is 9.13. The summed E-state index contributed by atoms with van der Waals surface area (Å²) in [6, 6.07) is 6.83. The van der Waals surface area contributed by atoms with E-state index >= 15 is 0 Å². The highest BCUT2D eigenvalue weighted by molar-refractivity contribution is 6.76. The molecule has 1 aliphatic rings. The zero-order chi connectivity index (χ0) is 17.9. The summed E-state index contributed by atoms with van der Waals surface area (Å²) in [5.74, 6) is -0.376. The average molecular weight is 349 g/mol. The van der Waals surface area contributed by atoms with Gasteiger partial charge >= 0.3 is 5.97 Å². The second-order valence-corrected chi connectivity index (χ2v) is 13.5. The Balaban J connectivity index is 2.14. The summed E-state index contributed by atoms with van der Waals surface area (Å²) in [5, 5.41) is 0. The van der Waals surface area contributed by atoms with Gasteiger partial charge in [0.25, 0.3) is 0 Å². The lowest BCUT2D eigenvalue weighted by atomic mass is 9.87. The monoisotopic (exact) mass is 348 g/mol. The van der Waals surface area contributed by atoms with Gasteiger partial charge in [-0.15, -0.1) is 0 Å². The average Bonchev–Trinajstić information content (AvgIpc) is 2.87. The molecule has 1 fully saturated rings. The van der Waals surface area contributed by atoms with E-state index in [9.17, 15) is 9.59 Å². The van der Waals surface area contributed by atoms with Crippen LogP contribution < -0.4 is 4.74 Å². The van der Waals surface area contributed by atoms with Crippen molar-refractivity contribution in [3.63, 3.8) is 0 Å². The van der Waals surface area contributed by atoms with E-state index in [0.717, 1.165) is 22.9 Å². The first-order chi connectivity index (χ1) is 11.2. The minimum absolute atomic E-state index is 0.00141. The molecule has 4 nitrogen and oxygen atoms in total. The highest BCUT2D eigenvalue weighted by Crippen LogP contribution is 2.39. The van der Waals surface area contributed by atoms with Gasteiger partial charge in [0, 0.05) is 20.4 Å². The van der Waals surface area contributed by atoms with Crippen molar-refractivity contribution in [2.45, 2.75) is 51.4 Å². The van der Waals surface area contributed by atoms with Crippen LogP contribution in [0.15, 0.2) is 18.2 Å². The van der Waals surface area contributed by atoms with Crippen molar-refractivity contribution in [2.75, 3.05) is 13.7 Å². The molecular weight excluding hydrogens is 320 g/mol. The van der Waals surface area contributed by atoms with E-state index in [4.69, 9.17) is 9.47 Å². The quantitative estimate of drug-likeness (QED) is 0.444. The van der Waals surface area contributed by atoms with Crippen LogP contribution >= 0.6 is 0 Å². The molecule has 0 radical (unpaired) electrons. The lowest BCUT2D eigenvalue weighted by Crippen LogP contribution is -2.29. The smallest absolute Gasteiger partial charge is 0.317 e. The van der Waals surface area contributed by atoms with Crippen LogP contribution in [0, 0.1) is 12.8 Å². The van der Waals surface area contributed by atoms with Crippen molar-refractivity contribution < 1.29 is 19.1 Å². The van der Waals surface area contributed by atoms with Crippen molar-refractivity contribution in [2.24, 2.45) is 5.92 Å². The predicted octanol–water partition coefficient (Wildman–Crippen LogP) is 3.95. The molecule has 0 bridgehead atoms. The molecule has 0 aromatic heterocycles. The van der Waals surface area contributed by atoms with Crippen molar-refractivity contribution in [1.82, 2.24) is 0 Å². The number of hydrogen-bond donors (Lipinski definition) is 0. The third kappa shape index (κ3) is 4.69. The number of hydrogen-bond acceptors (Lipinski definition) is 4. The van der Waals surface area contributed by atoms with Crippen LogP contribution in [0.2, 0.25) is 25.7 Å². The van der Waals surface area contributed by atoms with Crippen LogP contribution in [0.4, 0.5) is 0 Å². The minimum Gasteiger partial charge on any atom is -0.497 e. The maximum absolute atomic E-state index is 12.5. The van der Waals surface area contributed by atoms with E-state index in [0.29, 0.717) is 19.4 Å². The second kappa shape index (κ2) is 7.51. The van der Waals surface area contributed by atoms with Crippen LogP contribution in [0.1, 0.15) is 29.9 Å². The van der Waals surface area contributed by atoms with Crippen LogP contribution in [-0.2, 0) is 14.3 Å². The lowest BCUT2D eigenvalue weighted by Gasteiger charge is -2.20. The van der Waals surface area contributed by atoms with Gasteiger partial charge in [0.15, 0.2) is 0 Å². The van der Waals surface area contributed by atoms with Crippen molar-refractivity contribution in [1.29, 1.82) is 0 Å². The maximum atomic E-state index is 12.5. The van der Waals surface area contributed by atoms with Gasteiger partial charge in [0.1, 0.15) is 17.5 Å². The second-order valence-electron chi connectivity index (χ2n) is 7.85. The Labute approximate surface area is 145 Å². The Morgan fingerprint density at radius 2 is 1.96 bits per heavy atom. The normalized spacial score (nSPS) is 21.0. The third-order valence-electron chi connectivity index (χ3n) is 4.54. The Morgan fingerprint density at radius 3 is 2.58 bits per heavy atom. The zero-order valence-electron chi connectivity index (χ0n) is 15.3. The van der Waals surface area contributed by atoms with Gasteiger partial charge in [-0.3, -0.25) is 9.59 Å². The number of ketones is 1. The van der Waals surface area contributed by atoms with Crippen LogP contribution in [0.5, 0.6) is 5.75 Å². The summed E-state index contributed by atoms with van der Waals surface area (Å²) in [5.41, 5.74) is 2.05. The number of esters is 1. The number of methoxy groups -OCH3 is 1. The van der Waals surface area contributed by atoms with Crippen molar-refractivity contribution >= 4 is 19.8 Å². The summed E-state index contributed by atoms with van der Waals surface area (Å²) in [4.78, 5) is 24.8. The van der Waals surface area contributed by atoms with Gasteiger partial charge in [-0.25, -0.2) is 0 Å². The molecule has 24 heavy (non-hydrogen) atoms. The Hall–Kier alpha value is -1.62. The highest BCUT2D eigenvalue weighted by Gasteiger charge is 2.42. The summed E-state index contributed by atoms with van der Waals surface area (Å²) >= 11 is 0. The summed E-state index contributed by atoms with van der Waals surface area (Å²) < 4.78 is 10.8.